The van der Waals surface area contributed by atoms with Gasteiger partial charge in [0.1, 0.15) is 11.5 Å². The summed E-state index contributed by atoms with van der Waals surface area (Å²) in [7, 11) is 3.16. The van der Waals surface area contributed by atoms with E-state index in [1.165, 1.54) is 4.57 Å². The van der Waals surface area contributed by atoms with Crippen LogP contribution in [0.3, 0.4) is 0 Å². The van der Waals surface area contributed by atoms with Crippen molar-refractivity contribution in [1.29, 1.82) is 0 Å². The molecular formula is C16H13BrClNO4. The van der Waals surface area contributed by atoms with Crippen LogP contribution >= 0.6 is 27.5 Å². The lowest BCUT2D eigenvalue weighted by molar-refractivity contribution is 0.395. The molecule has 0 aliphatic heterocycles. The van der Waals surface area contributed by atoms with Gasteiger partial charge < -0.3 is 13.9 Å². The number of fused-ring (bicyclic) bond motifs is 1. The van der Waals surface area contributed by atoms with Crippen LogP contribution in [0.2, 0.25) is 5.02 Å². The monoisotopic (exact) mass is 397 g/mol. The fourth-order valence-corrected chi connectivity index (χ4v) is 3.05. The molecule has 2 aromatic carbocycles. The van der Waals surface area contributed by atoms with Gasteiger partial charge in [-0.2, -0.15) is 0 Å². The highest BCUT2D eigenvalue weighted by atomic mass is 79.9. The van der Waals surface area contributed by atoms with Gasteiger partial charge in [-0.15, -0.1) is 0 Å². The summed E-state index contributed by atoms with van der Waals surface area (Å²) in [4.78, 5) is 12.1. The lowest BCUT2D eigenvalue weighted by Gasteiger charge is -2.12. The summed E-state index contributed by atoms with van der Waals surface area (Å²) in [6.07, 6.45) is 0. The third-order valence-electron chi connectivity index (χ3n) is 3.51. The summed E-state index contributed by atoms with van der Waals surface area (Å²) in [5.41, 5.74) is 1.92. The maximum absolute atomic E-state index is 12.1. The first-order chi connectivity index (χ1) is 11.0. The predicted molar refractivity (Wildman–Crippen MR) is 91.8 cm³/mol. The van der Waals surface area contributed by atoms with Gasteiger partial charge >= 0.3 is 5.76 Å². The largest absolute Gasteiger partial charge is 0.496 e. The molecule has 0 atom stereocenters. The molecule has 23 heavy (non-hydrogen) atoms. The van der Waals surface area contributed by atoms with Crippen molar-refractivity contribution in [2.75, 3.05) is 14.2 Å². The summed E-state index contributed by atoms with van der Waals surface area (Å²) in [5.74, 6) is 0.851. The minimum Gasteiger partial charge on any atom is -0.496 e. The summed E-state index contributed by atoms with van der Waals surface area (Å²) in [6, 6.07) is 8.72. The Labute approximate surface area is 145 Å². The van der Waals surface area contributed by atoms with Crippen LogP contribution in [-0.2, 0) is 6.54 Å². The van der Waals surface area contributed by atoms with E-state index < -0.39 is 5.76 Å². The summed E-state index contributed by atoms with van der Waals surface area (Å²) >= 11 is 9.35. The molecule has 3 aromatic rings. The van der Waals surface area contributed by atoms with Gasteiger partial charge in [0.05, 0.1) is 30.8 Å². The number of halogens is 2. The third-order valence-corrected chi connectivity index (χ3v) is 4.37. The van der Waals surface area contributed by atoms with E-state index in [2.05, 4.69) is 15.9 Å². The smallest absolute Gasteiger partial charge is 0.420 e. The zero-order chi connectivity index (χ0) is 16.6. The quantitative estimate of drug-likeness (QED) is 0.664. The van der Waals surface area contributed by atoms with Gasteiger partial charge in [-0.25, -0.2) is 4.79 Å². The Bertz CT molecular complexity index is 932. The second-order valence-corrected chi connectivity index (χ2v) is 6.16. The van der Waals surface area contributed by atoms with E-state index in [1.807, 2.05) is 6.07 Å². The first-order valence-electron chi connectivity index (χ1n) is 6.72. The number of benzene rings is 2. The van der Waals surface area contributed by atoms with Gasteiger partial charge in [-0.1, -0.05) is 11.6 Å². The van der Waals surface area contributed by atoms with E-state index in [0.717, 1.165) is 10.0 Å². The van der Waals surface area contributed by atoms with Crippen molar-refractivity contribution in [2.24, 2.45) is 0 Å². The molecule has 1 heterocycles. The van der Waals surface area contributed by atoms with Crippen molar-refractivity contribution in [3.63, 3.8) is 0 Å². The molecule has 0 aliphatic carbocycles. The topological polar surface area (TPSA) is 53.6 Å². The lowest BCUT2D eigenvalue weighted by Crippen LogP contribution is -2.15. The van der Waals surface area contributed by atoms with E-state index in [-0.39, 0.29) is 0 Å². The molecule has 0 radical (unpaired) electrons. The van der Waals surface area contributed by atoms with E-state index >= 15 is 0 Å². The predicted octanol–water partition coefficient (Wildman–Crippen LogP) is 4.08. The number of oxazole rings is 1. The molecule has 7 heteroatoms. The molecule has 0 spiro atoms. The SMILES string of the molecule is COc1cc(Cn2c(=O)oc3cc(Cl)ccc32)c(OC)cc1Br. The molecule has 0 aliphatic rings. The van der Waals surface area contributed by atoms with Crippen LogP contribution < -0.4 is 15.2 Å². The van der Waals surface area contributed by atoms with Crippen molar-refractivity contribution in [1.82, 2.24) is 4.57 Å². The molecule has 120 valence electrons. The minimum absolute atomic E-state index is 0.292. The highest BCUT2D eigenvalue weighted by Gasteiger charge is 2.15. The minimum atomic E-state index is -0.453. The molecule has 3 rings (SSSR count). The number of nitrogens with zero attached hydrogens (tertiary/aromatic N) is 1. The van der Waals surface area contributed by atoms with E-state index in [9.17, 15) is 4.79 Å². The molecule has 0 amide bonds. The maximum Gasteiger partial charge on any atom is 0.420 e. The fraction of sp³-hybridized carbons (Fsp3) is 0.188. The summed E-state index contributed by atoms with van der Waals surface area (Å²) < 4.78 is 18.2. The van der Waals surface area contributed by atoms with E-state index in [0.29, 0.717) is 34.2 Å². The molecule has 1 aromatic heterocycles. The van der Waals surface area contributed by atoms with Crippen molar-refractivity contribution < 1.29 is 13.9 Å². The molecule has 0 unspecified atom stereocenters. The Kier molecular flexibility index (Phi) is 4.37. The average Bonchev–Trinajstić information content (AvgIpc) is 2.83. The van der Waals surface area contributed by atoms with Crippen LogP contribution in [0.5, 0.6) is 11.5 Å². The van der Waals surface area contributed by atoms with Gasteiger partial charge in [0.15, 0.2) is 5.58 Å². The average molecular weight is 399 g/mol. The molecule has 0 saturated carbocycles. The van der Waals surface area contributed by atoms with Crippen LogP contribution in [0.25, 0.3) is 11.1 Å². The standard InChI is InChI=1S/C16H13BrClNO4/c1-21-13-7-11(17)14(22-2)5-9(13)8-19-12-4-3-10(18)6-15(12)23-16(19)20/h3-7H,8H2,1-2H3. The molecule has 0 bridgehead atoms. The second kappa shape index (κ2) is 6.29. The van der Waals surface area contributed by atoms with Gasteiger partial charge in [0.25, 0.3) is 0 Å². The molecule has 0 saturated heterocycles. The van der Waals surface area contributed by atoms with Crippen LogP contribution in [0.15, 0.2) is 44.0 Å². The Morgan fingerprint density at radius 3 is 2.61 bits per heavy atom. The zero-order valence-corrected chi connectivity index (χ0v) is 14.8. The number of ether oxygens (including phenoxy) is 2. The molecular weight excluding hydrogens is 386 g/mol. The first kappa shape index (κ1) is 16.0. The normalized spacial score (nSPS) is 11.0. The molecule has 5 nitrogen and oxygen atoms in total. The van der Waals surface area contributed by atoms with Gasteiger partial charge in [-0.3, -0.25) is 4.57 Å². The van der Waals surface area contributed by atoms with Gasteiger partial charge in [0.2, 0.25) is 0 Å². The maximum atomic E-state index is 12.1. The van der Waals surface area contributed by atoms with E-state index in [1.54, 1.807) is 38.5 Å². The molecule has 0 fully saturated rings. The Hall–Kier alpha value is -1.92. The number of methoxy groups -OCH3 is 2. The second-order valence-electron chi connectivity index (χ2n) is 4.86. The van der Waals surface area contributed by atoms with Gasteiger partial charge in [-0.05, 0) is 40.2 Å². The first-order valence-corrected chi connectivity index (χ1v) is 7.90. The van der Waals surface area contributed by atoms with Crippen LogP contribution in [-0.4, -0.2) is 18.8 Å². The summed E-state index contributed by atoms with van der Waals surface area (Å²) in [6.45, 7) is 0.292. The number of aromatic nitrogens is 1. The van der Waals surface area contributed by atoms with Crippen molar-refractivity contribution in [3.05, 3.63) is 55.9 Å². The van der Waals surface area contributed by atoms with Crippen molar-refractivity contribution >= 4 is 38.6 Å². The van der Waals surface area contributed by atoms with E-state index in [4.69, 9.17) is 25.5 Å². The van der Waals surface area contributed by atoms with Crippen LogP contribution in [0.4, 0.5) is 0 Å². The number of rotatable bonds is 4. The number of hydrogen-bond acceptors (Lipinski definition) is 4. The summed E-state index contributed by atoms with van der Waals surface area (Å²) in [5, 5.41) is 0.515. The van der Waals surface area contributed by atoms with Crippen molar-refractivity contribution in [2.45, 2.75) is 6.54 Å². The van der Waals surface area contributed by atoms with Crippen LogP contribution in [0, 0.1) is 0 Å². The highest BCUT2D eigenvalue weighted by Crippen LogP contribution is 2.33. The Balaban J connectivity index is 2.12. The van der Waals surface area contributed by atoms with Crippen molar-refractivity contribution in [3.8, 4) is 11.5 Å². The number of hydrogen-bond donors (Lipinski definition) is 0. The van der Waals surface area contributed by atoms with Gasteiger partial charge in [0, 0.05) is 16.7 Å². The highest BCUT2D eigenvalue weighted by molar-refractivity contribution is 9.10. The zero-order valence-electron chi connectivity index (χ0n) is 12.4. The molecule has 0 N–H and O–H groups in total. The Morgan fingerprint density at radius 1 is 1.17 bits per heavy atom. The fourth-order valence-electron chi connectivity index (χ4n) is 2.41. The van der Waals surface area contributed by atoms with Crippen LogP contribution in [0.1, 0.15) is 5.56 Å². The Morgan fingerprint density at radius 2 is 1.91 bits per heavy atom. The third kappa shape index (κ3) is 2.96. The lowest BCUT2D eigenvalue weighted by atomic mass is 10.2.